The third-order valence-corrected chi connectivity index (χ3v) is 3.32. The molecule has 0 saturated carbocycles. The van der Waals surface area contributed by atoms with E-state index in [0.29, 0.717) is 12.2 Å². The highest BCUT2D eigenvalue weighted by molar-refractivity contribution is 5.91. The molecule has 0 aliphatic heterocycles. The number of aryl methyl sites for hydroxylation is 1. The Morgan fingerprint density at radius 3 is 2.48 bits per heavy atom. The van der Waals surface area contributed by atoms with Crippen LogP contribution >= 0.6 is 0 Å². The molecule has 2 rings (SSSR count). The average molecular weight is 312 g/mol. The van der Waals surface area contributed by atoms with E-state index in [-0.39, 0.29) is 12.6 Å². The van der Waals surface area contributed by atoms with Crippen molar-refractivity contribution in [1.82, 2.24) is 4.90 Å². The minimum absolute atomic E-state index is 0.108. The minimum atomic E-state index is -0.458. The minimum Gasteiger partial charge on any atom is -0.468 e. The molecule has 2 amide bonds. The van der Waals surface area contributed by atoms with Gasteiger partial charge in [-0.25, -0.2) is 4.79 Å². The van der Waals surface area contributed by atoms with Crippen molar-refractivity contribution in [3.63, 3.8) is 0 Å². The second-order valence-corrected chi connectivity index (χ2v) is 5.22. The highest BCUT2D eigenvalue weighted by Crippen LogP contribution is 2.12. The van der Waals surface area contributed by atoms with Crippen molar-refractivity contribution >= 4 is 17.7 Å². The number of benzene rings is 2. The molecular weight excluding hydrogens is 292 g/mol. The number of carbonyl (C=O) groups excluding carboxylic acids is 2. The maximum absolute atomic E-state index is 12.5. The molecule has 120 valence electrons. The molecule has 0 atom stereocenters. The van der Waals surface area contributed by atoms with E-state index in [1.807, 2.05) is 61.5 Å². The lowest BCUT2D eigenvalue weighted by atomic mass is 10.2. The van der Waals surface area contributed by atoms with Crippen LogP contribution in [0.15, 0.2) is 54.6 Å². The number of hydrogen-bond acceptors (Lipinski definition) is 3. The van der Waals surface area contributed by atoms with Gasteiger partial charge in [0.15, 0.2) is 0 Å². The summed E-state index contributed by atoms with van der Waals surface area (Å²) < 4.78 is 4.68. The molecule has 5 nitrogen and oxygen atoms in total. The summed E-state index contributed by atoms with van der Waals surface area (Å²) in [5.74, 6) is -0.458. The van der Waals surface area contributed by atoms with Gasteiger partial charge in [-0.05, 0) is 30.2 Å². The zero-order chi connectivity index (χ0) is 16.7. The van der Waals surface area contributed by atoms with Crippen LogP contribution in [0.4, 0.5) is 10.5 Å². The number of anilines is 1. The van der Waals surface area contributed by atoms with Crippen LogP contribution in [-0.4, -0.2) is 30.6 Å². The Morgan fingerprint density at radius 2 is 1.83 bits per heavy atom. The average Bonchev–Trinajstić information content (AvgIpc) is 2.55. The van der Waals surface area contributed by atoms with Crippen molar-refractivity contribution < 1.29 is 14.3 Å². The third kappa shape index (κ3) is 5.14. The van der Waals surface area contributed by atoms with Gasteiger partial charge in [0.2, 0.25) is 0 Å². The summed E-state index contributed by atoms with van der Waals surface area (Å²) in [6.07, 6.45) is 0. The SMILES string of the molecule is COC(=O)CN(Cc1ccccc1)C(=O)Nc1cccc(C)c1. The molecular formula is C18H20N2O3. The number of methoxy groups -OCH3 is 1. The van der Waals surface area contributed by atoms with E-state index >= 15 is 0 Å². The summed E-state index contributed by atoms with van der Waals surface area (Å²) in [6.45, 7) is 2.17. The molecule has 0 heterocycles. The van der Waals surface area contributed by atoms with Crippen LogP contribution < -0.4 is 5.32 Å². The van der Waals surface area contributed by atoms with E-state index in [0.717, 1.165) is 11.1 Å². The molecule has 0 radical (unpaired) electrons. The fraction of sp³-hybridized carbons (Fsp3) is 0.222. The fourth-order valence-electron chi connectivity index (χ4n) is 2.15. The predicted octanol–water partition coefficient (Wildman–Crippen LogP) is 3.20. The van der Waals surface area contributed by atoms with Gasteiger partial charge in [0.05, 0.1) is 7.11 Å². The zero-order valence-electron chi connectivity index (χ0n) is 13.3. The van der Waals surface area contributed by atoms with Crippen molar-refractivity contribution in [3.05, 3.63) is 65.7 Å². The second-order valence-electron chi connectivity index (χ2n) is 5.22. The van der Waals surface area contributed by atoms with E-state index < -0.39 is 5.97 Å². The Balaban J connectivity index is 2.11. The highest BCUT2D eigenvalue weighted by atomic mass is 16.5. The number of urea groups is 1. The molecule has 0 saturated heterocycles. The molecule has 0 aliphatic rings. The fourth-order valence-corrected chi connectivity index (χ4v) is 2.15. The summed E-state index contributed by atoms with van der Waals surface area (Å²) in [6, 6.07) is 16.7. The Morgan fingerprint density at radius 1 is 1.09 bits per heavy atom. The molecule has 23 heavy (non-hydrogen) atoms. The lowest BCUT2D eigenvalue weighted by molar-refractivity contribution is -0.141. The number of nitrogens with zero attached hydrogens (tertiary/aromatic N) is 1. The van der Waals surface area contributed by atoms with Crippen molar-refractivity contribution in [3.8, 4) is 0 Å². The molecule has 0 aromatic heterocycles. The summed E-state index contributed by atoms with van der Waals surface area (Å²) in [7, 11) is 1.31. The number of esters is 1. The van der Waals surface area contributed by atoms with E-state index in [4.69, 9.17) is 0 Å². The number of amides is 2. The summed E-state index contributed by atoms with van der Waals surface area (Å²) in [5.41, 5.74) is 2.68. The first-order valence-corrected chi connectivity index (χ1v) is 7.32. The molecule has 0 unspecified atom stereocenters. The topological polar surface area (TPSA) is 58.6 Å². The van der Waals surface area contributed by atoms with E-state index in [2.05, 4.69) is 10.1 Å². The number of rotatable bonds is 5. The van der Waals surface area contributed by atoms with E-state index in [1.165, 1.54) is 12.0 Å². The number of nitrogens with one attached hydrogen (secondary N) is 1. The van der Waals surface area contributed by atoms with Crippen LogP contribution in [0.5, 0.6) is 0 Å². The van der Waals surface area contributed by atoms with Gasteiger partial charge in [-0.2, -0.15) is 0 Å². The van der Waals surface area contributed by atoms with Crippen LogP contribution in [0.25, 0.3) is 0 Å². The smallest absolute Gasteiger partial charge is 0.325 e. The van der Waals surface area contributed by atoms with Gasteiger partial charge >= 0.3 is 12.0 Å². The molecule has 2 aromatic rings. The van der Waals surface area contributed by atoms with Gasteiger partial charge in [-0.3, -0.25) is 4.79 Å². The third-order valence-electron chi connectivity index (χ3n) is 3.32. The van der Waals surface area contributed by atoms with Crippen molar-refractivity contribution in [2.45, 2.75) is 13.5 Å². The Hall–Kier alpha value is -2.82. The Labute approximate surface area is 135 Å². The first-order valence-electron chi connectivity index (χ1n) is 7.32. The normalized spacial score (nSPS) is 10.0. The lowest BCUT2D eigenvalue weighted by Gasteiger charge is -2.22. The van der Waals surface area contributed by atoms with Crippen molar-refractivity contribution in [1.29, 1.82) is 0 Å². The zero-order valence-corrected chi connectivity index (χ0v) is 13.3. The van der Waals surface area contributed by atoms with Gasteiger partial charge in [0.1, 0.15) is 6.54 Å². The highest BCUT2D eigenvalue weighted by Gasteiger charge is 2.18. The molecule has 0 bridgehead atoms. The molecule has 5 heteroatoms. The van der Waals surface area contributed by atoms with E-state index in [1.54, 1.807) is 0 Å². The maximum atomic E-state index is 12.5. The number of ether oxygens (including phenoxy) is 1. The monoisotopic (exact) mass is 312 g/mol. The largest absolute Gasteiger partial charge is 0.468 e. The lowest BCUT2D eigenvalue weighted by Crippen LogP contribution is -2.38. The maximum Gasteiger partial charge on any atom is 0.325 e. The van der Waals surface area contributed by atoms with Crippen LogP contribution in [0.3, 0.4) is 0 Å². The Kier molecular flexibility index (Phi) is 5.74. The predicted molar refractivity (Wildman–Crippen MR) is 89.1 cm³/mol. The van der Waals surface area contributed by atoms with Gasteiger partial charge < -0.3 is 15.0 Å². The number of carbonyl (C=O) groups is 2. The summed E-state index contributed by atoms with van der Waals surface area (Å²) in [4.78, 5) is 25.5. The first kappa shape index (κ1) is 16.5. The first-order chi connectivity index (χ1) is 11.1. The number of hydrogen-bond donors (Lipinski definition) is 1. The van der Waals surface area contributed by atoms with Gasteiger partial charge in [-0.1, -0.05) is 42.5 Å². The Bertz CT molecular complexity index is 671. The molecule has 0 aliphatic carbocycles. The van der Waals surface area contributed by atoms with Gasteiger partial charge in [-0.15, -0.1) is 0 Å². The van der Waals surface area contributed by atoms with Crippen molar-refractivity contribution in [2.24, 2.45) is 0 Å². The molecule has 0 fully saturated rings. The van der Waals surface area contributed by atoms with Crippen LogP contribution in [0.2, 0.25) is 0 Å². The van der Waals surface area contributed by atoms with E-state index in [9.17, 15) is 9.59 Å². The molecule has 0 spiro atoms. The molecule has 1 N–H and O–H groups in total. The van der Waals surface area contributed by atoms with Crippen LogP contribution in [-0.2, 0) is 16.1 Å². The van der Waals surface area contributed by atoms with Crippen LogP contribution in [0.1, 0.15) is 11.1 Å². The molecule has 2 aromatic carbocycles. The van der Waals surface area contributed by atoms with Crippen LogP contribution in [0, 0.1) is 6.92 Å². The van der Waals surface area contributed by atoms with Gasteiger partial charge in [0.25, 0.3) is 0 Å². The van der Waals surface area contributed by atoms with Gasteiger partial charge in [0, 0.05) is 12.2 Å². The second kappa shape index (κ2) is 7.98. The quantitative estimate of drug-likeness (QED) is 0.863. The van der Waals surface area contributed by atoms with Crippen molar-refractivity contribution in [2.75, 3.05) is 19.0 Å². The standard InChI is InChI=1S/C18H20N2O3/c1-14-7-6-10-16(11-14)19-18(22)20(13-17(21)23-2)12-15-8-4-3-5-9-15/h3-11H,12-13H2,1-2H3,(H,19,22). The summed E-state index contributed by atoms with van der Waals surface area (Å²) in [5, 5.41) is 2.81. The summed E-state index contributed by atoms with van der Waals surface area (Å²) >= 11 is 0.